The molecule has 0 bridgehead atoms. The number of nitrogens with zero attached hydrogens (tertiary/aromatic N) is 2. The van der Waals surface area contributed by atoms with Crippen LogP contribution in [-0.2, 0) is 9.53 Å². The Balaban J connectivity index is 1.92. The van der Waals surface area contributed by atoms with Gasteiger partial charge in [-0.25, -0.2) is 4.99 Å². The first-order valence-corrected chi connectivity index (χ1v) is 11.3. The molecule has 2 rings (SSSR count). The number of guanidine groups is 1. The van der Waals surface area contributed by atoms with E-state index in [1.165, 1.54) is 57.8 Å². The molecule has 0 aromatic heterocycles. The van der Waals surface area contributed by atoms with E-state index in [0.717, 1.165) is 44.6 Å². The molecule has 6 heteroatoms. The van der Waals surface area contributed by atoms with E-state index in [2.05, 4.69) is 22.5 Å². The molecule has 0 aromatic rings. The summed E-state index contributed by atoms with van der Waals surface area (Å²) in [6, 6.07) is 0. The van der Waals surface area contributed by atoms with Gasteiger partial charge in [-0.1, -0.05) is 32.1 Å². The summed E-state index contributed by atoms with van der Waals surface area (Å²) in [5.74, 6) is 1.55. The zero-order chi connectivity index (χ0) is 20.2. The van der Waals surface area contributed by atoms with Crippen LogP contribution in [0.25, 0.3) is 0 Å². The number of carbonyl (C=O) groups excluding carboxylic acids is 1. The van der Waals surface area contributed by atoms with Crippen molar-refractivity contribution in [3.05, 3.63) is 0 Å². The predicted molar refractivity (Wildman–Crippen MR) is 116 cm³/mol. The molecule has 2 saturated carbocycles. The molecule has 0 unspecified atom stereocenters. The topological polar surface area (TPSA) is 66.0 Å². The predicted octanol–water partition coefficient (Wildman–Crippen LogP) is 3.18. The van der Waals surface area contributed by atoms with E-state index in [1.54, 1.807) is 19.0 Å². The van der Waals surface area contributed by atoms with Gasteiger partial charge in [0.25, 0.3) is 0 Å². The van der Waals surface area contributed by atoms with E-state index in [4.69, 9.17) is 4.74 Å². The summed E-state index contributed by atoms with van der Waals surface area (Å²) in [6.45, 7) is 5.73. The van der Waals surface area contributed by atoms with Gasteiger partial charge in [0.2, 0.25) is 5.91 Å². The Labute approximate surface area is 171 Å². The summed E-state index contributed by atoms with van der Waals surface area (Å²) >= 11 is 0. The average molecular weight is 395 g/mol. The second-order valence-electron chi connectivity index (χ2n) is 8.85. The van der Waals surface area contributed by atoms with Crippen molar-refractivity contribution in [3.63, 3.8) is 0 Å². The lowest BCUT2D eigenvalue weighted by Crippen LogP contribution is -2.45. The molecule has 28 heavy (non-hydrogen) atoms. The van der Waals surface area contributed by atoms with E-state index in [0.29, 0.717) is 5.41 Å². The standard InChI is InChI=1S/C22H42N4O2/c1-4-28-15-14-22(12-8-9-13-22)18-25-21(24-17-20(27)26(2)3)23-16-19-10-6-5-7-11-19/h19H,4-18H2,1-3H3,(H2,23,24,25). The van der Waals surface area contributed by atoms with Gasteiger partial charge in [-0.3, -0.25) is 4.79 Å². The van der Waals surface area contributed by atoms with Gasteiger partial charge >= 0.3 is 0 Å². The van der Waals surface area contributed by atoms with Crippen molar-refractivity contribution in [1.29, 1.82) is 0 Å². The summed E-state index contributed by atoms with van der Waals surface area (Å²) in [5, 5.41) is 7.10. The highest BCUT2D eigenvalue weighted by Crippen LogP contribution is 2.40. The molecule has 1 amide bonds. The van der Waals surface area contributed by atoms with Crippen LogP contribution in [0.1, 0.15) is 71.1 Å². The van der Waals surface area contributed by atoms with Crippen molar-refractivity contribution in [2.45, 2.75) is 71.1 Å². The Hall–Kier alpha value is -1.30. The number of hydrogen-bond acceptors (Lipinski definition) is 3. The van der Waals surface area contributed by atoms with Crippen LogP contribution in [0.15, 0.2) is 4.99 Å². The van der Waals surface area contributed by atoms with E-state index < -0.39 is 0 Å². The maximum Gasteiger partial charge on any atom is 0.243 e. The average Bonchev–Trinajstić information content (AvgIpc) is 3.17. The number of aliphatic imine (C=N–C) groups is 1. The van der Waals surface area contributed by atoms with Crippen molar-refractivity contribution < 1.29 is 9.53 Å². The zero-order valence-electron chi connectivity index (χ0n) is 18.4. The number of likely N-dealkylation sites (N-methyl/N-ethyl adjacent to an activating group) is 1. The third kappa shape index (κ3) is 7.98. The summed E-state index contributed by atoms with van der Waals surface area (Å²) in [6.07, 6.45) is 12.8. The summed E-state index contributed by atoms with van der Waals surface area (Å²) in [5.41, 5.74) is 0.300. The fraction of sp³-hybridized carbons (Fsp3) is 0.909. The fourth-order valence-electron chi connectivity index (χ4n) is 4.44. The molecule has 0 aromatic carbocycles. The normalized spacial score (nSPS) is 20.2. The Morgan fingerprint density at radius 2 is 1.82 bits per heavy atom. The van der Waals surface area contributed by atoms with Gasteiger partial charge in [0.05, 0.1) is 0 Å². The molecular weight excluding hydrogens is 352 g/mol. The quantitative estimate of drug-likeness (QED) is 0.339. The first kappa shape index (κ1) is 23.0. The number of ether oxygens (including phenoxy) is 1. The number of rotatable bonds is 10. The largest absolute Gasteiger partial charge is 0.382 e. The lowest BCUT2D eigenvalue weighted by molar-refractivity contribution is -0.127. The molecule has 2 N–H and O–H groups in total. The highest BCUT2D eigenvalue weighted by atomic mass is 16.5. The van der Waals surface area contributed by atoms with E-state index in [-0.39, 0.29) is 12.5 Å². The highest BCUT2D eigenvalue weighted by Gasteiger charge is 2.33. The second-order valence-corrected chi connectivity index (χ2v) is 8.85. The molecule has 0 radical (unpaired) electrons. The van der Waals surface area contributed by atoms with Gasteiger partial charge in [0.1, 0.15) is 6.54 Å². The molecule has 2 fully saturated rings. The monoisotopic (exact) mass is 394 g/mol. The fourth-order valence-corrected chi connectivity index (χ4v) is 4.44. The smallest absolute Gasteiger partial charge is 0.243 e. The van der Waals surface area contributed by atoms with Crippen LogP contribution in [0.3, 0.4) is 0 Å². The number of nitrogens with one attached hydrogen (secondary N) is 2. The van der Waals surface area contributed by atoms with Crippen molar-refractivity contribution in [2.75, 3.05) is 46.9 Å². The van der Waals surface area contributed by atoms with Gasteiger partial charge < -0.3 is 20.3 Å². The first-order chi connectivity index (χ1) is 13.5. The Morgan fingerprint density at radius 1 is 1.11 bits per heavy atom. The molecule has 2 aliphatic rings. The molecule has 0 heterocycles. The lowest BCUT2D eigenvalue weighted by Gasteiger charge is -2.30. The van der Waals surface area contributed by atoms with E-state index in [1.807, 2.05) is 0 Å². The van der Waals surface area contributed by atoms with Gasteiger partial charge in [0.15, 0.2) is 5.96 Å². The zero-order valence-corrected chi connectivity index (χ0v) is 18.4. The SMILES string of the molecule is CCOCCC1(CNC(=NCC(=O)N(C)C)NCC2CCCCC2)CCCC1. The lowest BCUT2D eigenvalue weighted by atomic mass is 9.83. The van der Waals surface area contributed by atoms with Crippen LogP contribution in [0.2, 0.25) is 0 Å². The van der Waals surface area contributed by atoms with Crippen molar-refractivity contribution >= 4 is 11.9 Å². The molecule has 2 aliphatic carbocycles. The molecular formula is C22H42N4O2. The molecule has 0 spiro atoms. The van der Waals surface area contributed by atoms with Crippen LogP contribution in [-0.4, -0.2) is 63.7 Å². The molecule has 0 saturated heterocycles. The third-order valence-corrected chi connectivity index (χ3v) is 6.43. The van der Waals surface area contributed by atoms with Crippen LogP contribution < -0.4 is 10.6 Å². The minimum absolute atomic E-state index is 0.0330. The Morgan fingerprint density at radius 3 is 2.46 bits per heavy atom. The molecule has 162 valence electrons. The van der Waals surface area contributed by atoms with Crippen molar-refractivity contribution in [3.8, 4) is 0 Å². The number of hydrogen-bond donors (Lipinski definition) is 2. The maximum atomic E-state index is 12.0. The van der Waals surface area contributed by atoms with Crippen LogP contribution in [0.5, 0.6) is 0 Å². The maximum absolute atomic E-state index is 12.0. The van der Waals surface area contributed by atoms with Crippen LogP contribution in [0, 0.1) is 11.3 Å². The minimum Gasteiger partial charge on any atom is -0.382 e. The summed E-state index contributed by atoms with van der Waals surface area (Å²) in [4.78, 5) is 18.2. The van der Waals surface area contributed by atoms with Gasteiger partial charge in [-0.2, -0.15) is 0 Å². The molecule has 6 nitrogen and oxygen atoms in total. The van der Waals surface area contributed by atoms with Crippen molar-refractivity contribution in [2.24, 2.45) is 16.3 Å². The Kier molecular flexibility index (Phi) is 10.1. The van der Waals surface area contributed by atoms with E-state index in [9.17, 15) is 4.79 Å². The second kappa shape index (κ2) is 12.3. The van der Waals surface area contributed by atoms with E-state index >= 15 is 0 Å². The van der Waals surface area contributed by atoms with Crippen molar-refractivity contribution in [1.82, 2.24) is 15.5 Å². The Bertz CT molecular complexity index is 481. The van der Waals surface area contributed by atoms with Gasteiger partial charge in [-0.05, 0) is 50.4 Å². The highest BCUT2D eigenvalue weighted by molar-refractivity contribution is 5.84. The van der Waals surface area contributed by atoms with Gasteiger partial charge in [0, 0.05) is 40.4 Å². The number of carbonyl (C=O) groups is 1. The van der Waals surface area contributed by atoms with Crippen LogP contribution >= 0.6 is 0 Å². The summed E-state index contributed by atoms with van der Waals surface area (Å²) in [7, 11) is 3.56. The number of amides is 1. The van der Waals surface area contributed by atoms with Crippen LogP contribution in [0.4, 0.5) is 0 Å². The molecule has 0 aliphatic heterocycles. The third-order valence-electron chi connectivity index (χ3n) is 6.43. The van der Waals surface area contributed by atoms with Gasteiger partial charge in [-0.15, -0.1) is 0 Å². The first-order valence-electron chi connectivity index (χ1n) is 11.3. The summed E-state index contributed by atoms with van der Waals surface area (Å²) < 4.78 is 5.64. The minimum atomic E-state index is 0.0330. The molecule has 0 atom stereocenters.